The second kappa shape index (κ2) is 13.2. The Balaban J connectivity index is 3.09. The molecule has 0 heterocycles. The van der Waals surface area contributed by atoms with Gasteiger partial charge >= 0.3 is 0 Å². The van der Waals surface area contributed by atoms with Crippen LogP contribution in [0.4, 0.5) is 0 Å². The van der Waals surface area contributed by atoms with Gasteiger partial charge in [0.05, 0.1) is 0 Å². The van der Waals surface area contributed by atoms with Crippen molar-refractivity contribution in [2.45, 2.75) is 90.1 Å². The molecule has 0 aromatic carbocycles. The first-order valence-electron chi connectivity index (χ1n) is 7.49. The van der Waals surface area contributed by atoms with Gasteiger partial charge < -0.3 is 4.80 Å². The Morgan fingerprint density at radius 1 is 0.625 bits per heavy atom. The first-order valence-corrected chi connectivity index (χ1v) is 9.64. The number of unbranched alkanes of at least 4 members (excludes halogenated alkanes) is 8. The number of hydrogen-bond donors (Lipinski definition) is 1. The summed E-state index contributed by atoms with van der Waals surface area (Å²) < 4.78 is 0. The monoisotopic (exact) mass is 244 g/mol. The van der Waals surface area contributed by atoms with Gasteiger partial charge in [0.2, 0.25) is 0 Å². The summed E-state index contributed by atoms with van der Waals surface area (Å²) in [5, 5.41) is 0. The van der Waals surface area contributed by atoms with E-state index in [0.717, 1.165) is 12.1 Å². The molecular formula is C14H32OSi. The molecule has 0 spiro atoms. The van der Waals surface area contributed by atoms with Crippen LogP contribution in [0.3, 0.4) is 0 Å². The smallest absolute Gasteiger partial charge is 0.172 e. The van der Waals surface area contributed by atoms with Gasteiger partial charge in [-0.2, -0.15) is 0 Å². The van der Waals surface area contributed by atoms with Crippen LogP contribution in [0.2, 0.25) is 12.1 Å². The Morgan fingerprint density at radius 2 is 1.00 bits per heavy atom. The average molecular weight is 244 g/mol. The van der Waals surface area contributed by atoms with E-state index in [-0.39, 0.29) is 0 Å². The van der Waals surface area contributed by atoms with Crippen LogP contribution >= 0.6 is 0 Å². The normalized spacial score (nSPS) is 11.2. The molecule has 0 aliphatic rings. The van der Waals surface area contributed by atoms with E-state index < -0.39 is 9.04 Å². The Kier molecular flexibility index (Phi) is 13.4. The summed E-state index contributed by atoms with van der Waals surface area (Å²) in [5.41, 5.74) is 0. The van der Waals surface area contributed by atoms with Crippen molar-refractivity contribution in [1.82, 2.24) is 0 Å². The minimum atomic E-state index is -1.31. The molecule has 0 fully saturated rings. The lowest BCUT2D eigenvalue weighted by molar-refractivity contribution is 0.543. The van der Waals surface area contributed by atoms with Crippen molar-refractivity contribution in [2.75, 3.05) is 0 Å². The third kappa shape index (κ3) is 12.2. The maximum atomic E-state index is 9.90. The first kappa shape index (κ1) is 16.2. The van der Waals surface area contributed by atoms with Gasteiger partial charge in [-0.25, -0.2) is 0 Å². The van der Waals surface area contributed by atoms with Gasteiger partial charge in [0.15, 0.2) is 9.04 Å². The van der Waals surface area contributed by atoms with Crippen molar-refractivity contribution in [2.24, 2.45) is 0 Å². The maximum absolute atomic E-state index is 9.90. The van der Waals surface area contributed by atoms with Gasteiger partial charge in [-0.15, -0.1) is 0 Å². The quantitative estimate of drug-likeness (QED) is 0.391. The molecule has 98 valence electrons. The fourth-order valence-electron chi connectivity index (χ4n) is 2.11. The summed E-state index contributed by atoms with van der Waals surface area (Å²) in [4.78, 5) is 9.90. The molecule has 1 N–H and O–H groups in total. The second-order valence-corrected chi connectivity index (χ2v) is 7.52. The fourth-order valence-corrected chi connectivity index (χ4v) is 3.92. The van der Waals surface area contributed by atoms with Crippen molar-refractivity contribution < 1.29 is 4.80 Å². The molecule has 0 bridgehead atoms. The molecule has 0 aromatic rings. The molecule has 0 aliphatic heterocycles. The molecule has 0 saturated carbocycles. The van der Waals surface area contributed by atoms with E-state index >= 15 is 0 Å². The van der Waals surface area contributed by atoms with Crippen molar-refractivity contribution in [3.05, 3.63) is 0 Å². The summed E-state index contributed by atoms with van der Waals surface area (Å²) in [6.07, 6.45) is 13.4. The highest BCUT2D eigenvalue weighted by molar-refractivity contribution is 6.50. The van der Waals surface area contributed by atoms with Gasteiger partial charge in [0, 0.05) is 0 Å². The zero-order valence-corrected chi connectivity index (χ0v) is 12.7. The van der Waals surface area contributed by atoms with Crippen molar-refractivity contribution in [1.29, 1.82) is 0 Å². The predicted octanol–water partition coefficient (Wildman–Crippen LogP) is 4.64. The van der Waals surface area contributed by atoms with Gasteiger partial charge in [0.25, 0.3) is 0 Å². The number of rotatable bonds is 12. The minimum absolute atomic E-state index is 1.16. The molecule has 0 radical (unpaired) electrons. The van der Waals surface area contributed by atoms with Crippen LogP contribution in [-0.4, -0.2) is 13.8 Å². The molecule has 0 rings (SSSR count). The number of hydrogen-bond acceptors (Lipinski definition) is 1. The van der Waals surface area contributed by atoms with E-state index in [1.807, 2.05) is 0 Å². The van der Waals surface area contributed by atoms with Crippen LogP contribution in [0.5, 0.6) is 0 Å². The Hall–Kier alpha value is 0.177. The second-order valence-electron chi connectivity index (χ2n) is 5.06. The molecule has 0 aromatic heterocycles. The van der Waals surface area contributed by atoms with E-state index in [1.54, 1.807) is 0 Å². The highest BCUT2D eigenvalue weighted by atomic mass is 28.3. The fraction of sp³-hybridized carbons (Fsp3) is 1.00. The van der Waals surface area contributed by atoms with E-state index in [0.29, 0.717) is 0 Å². The van der Waals surface area contributed by atoms with Crippen LogP contribution in [0.25, 0.3) is 0 Å². The zero-order valence-electron chi connectivity index (χ0n) is 11.5. The molecular weight excluding hydrogens is 212 g/mol. The summed E-state index contributed by atoms with van der Waals surface area (Å²) in [6, 6.07) is 2.33. The van der Waals surface area contributed by atoms with E-state index in [1.165, 1.54) is 64.2 Å². The third-order valence-corrected chi connectivity index (χ3v) is 5.43. The van der Waals surface area contributed by atoms with Crippen molar-refractivity contribution in [3.63, 3.8) is 0 Å². The lowest BCUT2D eigenvalue weighted by atomic mass is 10.2. The Morgan fingerprint density at radius 3 is 1.38 bits per heavy atom. The lowest BCUT2D eigenvalue weighted by Crippen LogP contribution is -2.10. The van der Waals surface area contributed by atoms with Crippen LogP contribution < -0.4 is 0 Å². The molecule has 16 heavy (non-hydrogen) atoms. The summed E-state index contributed by atoms with van der Waals surface area (Å²) in [6.45, 7) is 4.50. The molecule has 0 unspecified atom stereocenters. The van der Waals surface area contributed by atoms with Crippen molar-refractivity contribution in [3.8, 4) is 0 Å². The van der Waals surface area contributed by atoms with E-state index in [4.69, 9.17) is 0 Å². The zero-order chi connectivity index (χ0) is 12.1. The SMILES string of the molecule is CCCCCCC[SiH](O)CCCCCCC. The minimum Gasteiger partial charge on any atom is -0.435 e. The molecule has 2 heteroatoms. The molecule has 0 atom stereocenters. The molecule has 1 nitrogen and oxygen atoms in total. The lowest BCUT2D eigenvalue weighted by Gasteiger charge is -2.08. The highest BCUT2D eigenvalue weighted by Crippen LogP contribution is 2.12. The van der Waals surface area contributed by atoms with Gasteiger partial charge in [-0.1, -0.05) is 78.1 Å². The molecule has 0 amide bonds. The standard InChI is InChI=1S/C14H32OSi/c1-3-5-7-9-11-13-16(15)14-12-10-8-6-4-2/h15-16H,3-14H2,1-2H3. The molecule has 0 saturated heterocycles. The van der Waals surface area contributed by atoms with Crippen LogP contribution in [0.15, 0.2) is 0 Å². The van der Waals surface area contributed by atoms with Crippen LogP contribution in [0.1, 0.15) is 78.1 Å². The maximum Gasteiger partial charge on any atom is 0.172 e. The van der Waals surface area contributed by atoms with Crippen LogP contribution in [-0.2, 0) is 0 Å². The Labute approximate surface area is 104 Å². The van der Waals surface area contributed by atoms with Crippen molar-refractivity contribution >= 4 is 9.04 Å². The van der Waals surface area contributed by atoms with Crippen LogP contribution in [0, 0.1) is 0 Å². The highest BCUT2D eigenvalue weighted by Gasteiger charge is 2.05. The average Bonchev–Trinajstić information content (AvgIpc) is 2.28. The summed E-state index contributed by atoms with van der Waals surface area (Å²) in [7, 11) is -1.31. The largest absolute Gasteiger partial charge is 0.435 e. The van der Waals surface area contributed by atoms with E-state index in [2.05, 4.69) is 13.8 Å². The Bertz CT molecular complexity index is 114. The predicted molar refractivity (Wildman–Crippen MR) is 76.5 cm³/mol. The van der Waals surface area contributed by atoms with Gasteiger partial charge in [-0.3, -0.25) is 0 Å². The summed E-state index contributed by atoms with van der Waals surface area (Å²) >= 11 is 0. The first-order chi connectivity index (χ1) is 7.81. The molecule has 0 aliphatic carbocycles. The van der Waals surface area contributed by atoms with E-state index in [9.17, 15) is 4.80 Å². The van der Waals surface area contributed by atoms with Gasteiger partial charge in [-0.05, 0) is 12.1 Å². The summed E-state index contributed by atoms with van der Waals surface area (Å²) in [5.74, 6) is 0. The van der Waals surface area contributed by atoms with Gasteiger partial charge in [0.1, 0.15) is 0 Å². The third-order valence-electron chi connectivity index (χ3n) is 3.28. The topological polar surface area (TPSA) is 20.2 Å².